The van der Waals surface area contributed by atoms with Crippen LogP contribution in [-0.2, 0) is 11.3 Å². The van der Waals surface area contributed by atoms with Crippen LogP contribution in [-0.4, -0.2) is 23.4 Å². The average molecular weight is 314 g/mol. The maximum atomic E-state index is 12.1. The number of alkyl carbamates (subject to hydrolysis) is 1. The molecule has 0 spiro atoms. The summed E-state index contributed by atoms with van der Waals surface area (Å²) in [7, 11) is 0. The van der Waals surface area contributed by atoms with Crippen molar-refractivity contribution in [1.82, 2.24) is 10.3 Å². The van der Waals surface area contributed by atoms with E-state index < -0.39 is 11.9 Å². The van der Waals surface area contributed by atoms with Crippen LogP contribution in [0.15, 0.2) is 36.4 Å². The molecule has 7 nitrogen and oxygen atoms in total. The van der Waals surface area contributed by atoms with Crippen LogP contribution in [0, 0.1) is 6.92 Å². The summed E-state index contributed by atoms with van der Waals surface area (Å²) in [6, 6.07) is 10.8. The largest absolute Gasteiger partial charge is 0.445 e. The van der Waals surface area contributed by atoms with Crippen LogP contribution in [0.3, 0.4) is 0 Å². The van der Waals surface area contributed by atoms with Crippen LogP contribution < -0.4 is 16.8 Å². The Balaban J connectivity index is 1.88. The van der Waals surface area contributed by atoms with Crippen molar-refractivity contribution >= 4 is 23.4 Å². The van der Waals surface area contributed by atoms with E-state index in [0.29, 0.717) is 5.69 Å². The van der Waals surface area contributed by atoms with E-state index in [1.54, 1.807) is 13.0 Å². The van der Waals surface area contributed by atoms with E-state index in [1.165, 1.54) is 0 Å². The van der Waals surface area contributed by atoms with Crippen molar-refractivity contribution in [3.8, 4) is 0 Å². The lowest BCUT2D eigenvalue weighted by Crippen LogP contribution is -2.31. The van der Waals surface area contributed by atoms with Gasteiger partial charge in [0.2, 0.25) is 0 Å². The van der Waals surface area contributed by atoms with E-state index in [1.807, 2.05) is 30.3 Å². The summed E-state index contributed by atoms with van der Waals surface area (Å²) < 4.78 is 5.01. The summed E-state index contributed by atoms with van der Waals surface area (Å²) in [6.07, 6.45) is -0.695. The highest BCUT2D eigenvalue weighted by molar-refractivity contribution is 6.06. The Morgan fingerprint density at radius 2 is 1.91 bits per heavy atom. The molecule has 0 radical (unpaired) electrons. The number of aryl methyl sites for hydroxylation is 1. The Morgan fingerprint density at radius 1 is 1.22 bits per heavy atom. The van der Waals surface area contributed by atoms with Crippen LogP contribution in [0.2, 0.25) is 0 Å². The third kappa shape index (κ3) is 4.44. The SMILES string of the molecule is Cc1cc(N)c(C(=O)CNC(=O)OCc2ccccc2)c(N)n1. The lowest BCUT2D eigenvalue weighted by atomic mass is 10.1. The number of hydrogen-bond acceptors (Lipinski definition) is 6. The molecule has 0 aliphatic carbocycles. The van der Waals surface area contributed by atoms with Crippen LogP contribution >= 0.6 is 0 Å². The zero-order chi connectivity index (χ0) is 16.8. The Morgan fingerprint density at radius 3 is 2.57 bits per heavy atom. The van der Waals surface area contributed by atoms with E-state index in [0.717, 1.165) is 5.56 Å². The summed E-state index contributed by atoms with van der Waals surface area (Å²) in [6.45, 7) is 1.57. The molecule has 0 saturated heterocycles. The summed E-state index contributed by atoms with van der Waals surface area (Å²) in [5.41, 5.74) is 13.3. The molecule has 0 atom stereocenters. The normalized spacial score (nSPS) is 10.1. The first-order valence-corrected chi connectivity index (χ1v) is 6.97. The number of pyridine rings is 1. The van der Waals surface area contributed by atoms with Crippen LogP contribution in [0.1, 0.15) is 21.6 Å². The Hall–Kier alpha value is -3.09. The van der Waals surface area contributed by atoms with E-state index in [2.05, 4.69) is 10.3 Å². The molecule has 0 saturated carbocycles. The number of amides is 1. The maximum absolute atomic E-state index is 12.1. The fourth-order valence-corrected chi connectivity index (χ4v) is 2.04. The zero-order valence-corrected chi connectivity index (χ0v) is 12.7. The molecule has 0 fully saturated rings. The molecule has 23 heavy (non-hydrogen) atoms. The number of carbonyl (C=O) groups excluding carboxylic acids is 2. The third-order valence-electron chi connectivity index (χ3n) is 3.09. The van der Waals surface area contributed by atoms with Gasteiger partial charge < -0.3 is 21.5 Å². The highest BCUT2D eigenvalue weighted by Crippen LogP contribution is 2.19. The van der Waals surface area contributed by atoms with Gasteiger partial charge in [-0.15, -0.1) is 0 Å². The molecule has 1 aromatic heterocycles. The summed E-state index contributed by atoms with van der Waals surface area (Å²) in [5.74, 6) is -0.379. The number of ether oxygens (including phenoxy) is 1. The van der Waals surface area contributed by atoms with Crippen LogP contribution in [0.5, 0.6) is 0 Å². The number of Topliss-reactive ketones (excluding diaryl/α,β-unsaturated/α-hetero) is 1. The molecule has 2 aromatic rings. The van der Waals surface area contributed by atoms with Gasteiger partial charge in [0.05, 0.1) is 12.1 Å². The standard InChI is InChI=1S/C16H18N4O3/c1-10-7-12(17)14(15(18)20-10)13(21)8-19-16(22)23-9-11-5-3-2-4-6-11/h2-7H,8-9H2,1H3,(H,19,22)(H4,17,18,20). The molecule has 2 rings (SSSR count). The second-order valence-corrected chi connectivity index (χ2v) is 4.95. The number of aromatic nitrogens is 1. The van der Waals surface area contributed by atoms with Crippen molar-refractivity contribution in [3.63, 3.8) is 0 Å². The molecule has 0 unspecified atom stereocenters. The van der Waals surface area contributed by atoms with Gasteiger partial charge in [0.15, 0.2) is 5.78 Å². The molecule has 0 aliphatic rings. The van der Waals surface area contributed by atoms with Gasteiger partial charge in [0, 0.05) is 11.4 Å². The van der Waals surface area contributed by atoms with Gasteiger partial charge in [-0.05, 0) is 18.6 Å². The van der Waals surface area contributed by atoms with Gasteiger partial charge in [-0.1, -0.05) is 30.3 Å². The van der Waals surface area contributed by atoms with Crippen molar-refractivity contribution in [2.45, 2.75) is 13.5 Å². The summed E-state index contributed by atoms with van der Waals surface area (Å²) in [4.78, 5) is 27.7. The predicted octanol–water partition coefficient (Wildman–Crippen LogP) is 1.66. The van der Waals surface area contributed by atoms with E-state index in [-0.39, 0.29) is 30.2 Å². The first-order valence-electron chi connectivity index (χ1n) is 6.97. The number of nitrogens with zero attached hydrogens (tertiary/aromatic N) is 1. The van der Waals surface area contributed by atoms with Crippen LogP contribution in [0.4, 0.5) is 16.3 Å². The van der Waals surface area contributed by atoms with Gasteiger partial charge in [0.25, 0.3) is 0 Å². The molecule has 5 N–H and O–H groups in total. The molecule has 0 bridgehead atoms. The van der Waals surface area contributed by atoms with E-state index in [4.69, 9.17) is 16.2 Å². The highest BCUT2D eigenvalue weighted by Gasteiger charge is 2.16. The summed E-state index contributed by atoms with van der Waals surface area (Å²) >= 11 is 0. The molecule has 1 heterocycles. The van der Waals surface area contributed by atoms with Gasteiger partial charge in [-0.2, -0.15) is 0 Å². The minimum Gasteiger partial charge on any atom is -0.445 e. The minimum absolute atomic E-state index is 0.0481. The molecule has 0 aliphatic heterocycles. The van der Waals surface area contributed by atoms with Crippen molar-refractivity contribution in [1.29, 1.82) is 0 Å². The fraction of sp³-hybridized carbons (Fsp3) is 0.188. The van der Waals surface area contributed by atoms with E-state index in [9.17, 15) is 9.59 Å². The third-order valence-corrected chi connectivity index (χ3v) is 3.09. The number of carbonyl (C=O) groups is 2. The van der Waals surface area contributed by atoms with Crippen molar-refractivity contribution in [2.75, 3.05) is 18.0 Å². The topological polar surface area (TPSA) is 120 Å². The lowest BCUT2D eigenvalue weighted by molar-refractivity contribution is 0.0975. The van der Waals surface area contributed by atoms with Gasteiger partial charge >= 0.3 is 6.09 Å². The number of nitrogens with one attached hydrogen (secondary N) is 1. The average Bonchev–Trinajstić information content (AvgIpc) is 2.51. The molecule has 1 amide bonds. The summed E-state index contributed by atoms with van der Waals surface area (Å²) in [5, 5.41) is 2.37. The second-order valence-electron chi connectivity index (χ2n) is 4.95. The van der Waals surface area contributed by atoms with Gasteiger partial charge in [-0.3, -0.25) is 4.79 Å². The first-order chi connectivity index (χ1) is 11.0. The Kier molecular flexibility index (Phi) is 5.14. The number of rotatable bonds is 5. The number of nitrogen functional groups attached to an aromatic ring is 2. The monoisotopic (exact) mass is 314 g/mol. The number of hydrogen-bond donors (Lipinski definition) is 3. The molecular formula is C16H18N4O3. The second kappa shape index (κ2) is 7.26. The lowest BCUT2D eigenvalue weighted by Gasteiger charge is -2.10. The molecular weight excluding hydrogens is 296 g/mol. The Labute approximate surface area is 133 Å². The van der Waals surface area contributed by atoms with E-state index >= 15 is 0 Å². The number of nitrogens with two attached hydrogens (primary N) is 2. The predicted molar refractivity (Wildman–Crippen MR) is 86.8 cm³/mol. The zero-order valence-electron chi connectivity index (χ0n) is 12.7. The van der Waals surface area contributed by atoms with Gasteiger partial charge in [0.1, 0.15) is 12.4 Å². The quantitative estimate of drug-likeness (QED) is 0.722. The number of anilines is 2. The number of benzene rings is 1. The smallest absolute Gasteiger partial charge is 0.407 e. The van der Waals surface area contributed by atoms with Crippen molar-refractivity contribution in [2.24, 2.45) is 0 Å². The molecule has 120 valence electrons. The Bertz CT molecular complexity index is 694. The molecule has 7 heteroatoms. The fourth-order valence-electron chi connectivity index (χ4n) is 2.04. The van der Waals surface area contributed by atoms with Gasteiger partial charge in [-0.25, -0.2) is 9.78 Å². The van der Waals surface area contributed by atoms with Crippen molar-refractivity contribution < 1.29 is 14.3 Å². The first kappa shape index (κ1) is 16.3. The van der Waals surface area contributed by atoms with Crippen molar-refractivity contribution in [3.05, 3.63) is 53.2 Å². The maximum Gasteiger partial charge on any atom is 0.407 e. The minimum atomic E-state index is -0.695. The van der Waals surface area contributed by atoms with Crippen LogP contribution in [0.25, 0.3) is 0 Å². The number of ketones is 1. The molecule has 1 aromatic carbocycles. The highest BCUT2D eigenvalue weighted by atomic mass is 16.5.